The number of aromatic nitrogens is 1. The Morgan fingerprint density at radius 2 is 1.75 bits per heavy atom. The molecule has 0 bridgehead atoms. The Hall–Kier alpha value is -1.61. The highest BCUT2D eigenvalue weighted by Gasteiger charge is 2.09. The molecule has 1 heterocycles. The molecule has 20 heavy (non-hydrogen) atoms. The van der Waals surface area contributed by atoms with Crippen LogP contribution in [0.1, 0.15) is 43.6 Å². The minimum absolute atomic E-state index is 0.357. The molecule has 0 radical (unpaired) electrons. The van der Waals surface area contributed by atoms with Crippen molar-refractivity contribution >= 4 is 28.5 Å². The van der Waals surface area contributed by atoms with Gasteiger partial charge >= 0.3 is 5.97 Å². The number of esters is 1. The van der Waals surface area contributed by atoms with Gasteiger partial charge in [0.2, 0.25) is 0 Å². The van der Waals surface area contributed by atoms with Crippen LogP contribution in [0.2, 0.25) is 5.02 Å². The second-order valence-electron chi connectivity index (χ2n) is 3.51. The molecule has 1 aromatic carbocycles. The topological polar surface area (TPSA) is 39.2 Å². The number of fused-ring (bicyclic) bond motifs is 1. The summed E-state index contributed by atoms with van der Waals surface area (Å²) in [7, 11) is 1.36. The first kappa shape index (κ1) is 18.4. The Morgan fingerprint density at radius 3 is 2.30 bits per heavy atom. The van der Waals surface area contributed by atoms with E-state index in [0.29, 0.717) is 10.6 Å². The molecule has 0 unspecified atom stereocenters. The van der Waals surface area contributed by atoms with Gasteiger partial charge < -0.3 is 4.74 Å². The highest BCUT2D eigenvalue weighted by molar-refractivity contribution is 6.31. The second kappa shape index (κ2) is 9.32. The quantitative estimate of drug-likeness (QED) is 0.692. The summed E-state index contributed by atoms with van der Waals surface area (Å²) in [5.74, 6) is -0.357. The maximum atomic E-state index is 11.4. The number of methoxy groups -OCH3 is 1. The molecule has 0 saturated carbocycles. The minimum Gasteiger partial charge on any atom is -0.465 e. The molecule has 0 atom stereocenters. The highest BCUT2D eigenvalue weighted by Crippen LogP contribution is 2.22. The molecule has 0 fully saturated rings. The average molecular weight is 296 g/mol. The maximum absolute atomic E-state index is 11.4. The molecular weight excluding hydrogens is 274 g/mol. The lowest BCUT2D eigenvalue weighted by Crippen LogP contribution is -2.01. The summed E-state index contributed by atoms with van der Waals surface area (Å²) in [5, 5.41) is 1.39. The van der Waals surface area contributed by atoms with Crippen LogP contribution in [0, 0.1) is 6.92 Å². The number of pyridine rings is 1. The third-order valence-corrected chi connectivity index (χ3v) is 2.57. The molecule has 0 aliphatic heterocycles. The van der Waals surface area contributed by atoms with Gasteiger partial charge in [-0.2, -0.15) is 0 Å². The number of hydrogen-bond acceptors (Lipinski definition) is 3. The zero-order chi connectivity index (χ0) is 15.7. The first-order chi connectivity index (χ1) is 9.61. The first-order valence-corrected chi connectivity index (χ1v) is 7.14. The Bertz CT molecular complexity index is 568. The van der Waals surface area contributed by atoms with E-state index in [9.17, 15) is 4.79 Å². The van der Waals surface area contributed by atoms with Gasteiger partial charge in [-0.1, -0.05) is 39.3 Å². The van der Waals surface area contributed by atoms with Gasteiger partial charge in [0.05, 0.1) is 23.2 Å². The van der Waals surface area contributed by atoms with Crippen molar-refractivity contribution in [3.05, 3.63) is 40.5 Å². The Labute approximate surface area is 125 Å². The number of nitrogens with zero attached hydrogens (tertiary/aromatic N) is 1. The van der Waals surface area contributed by atoms with Crippen molar-refractivity contribution in [1.29, 1.82) is 0 Å². The molecule has 2 aromatic rings. The number of carbonyl (C=O) groups is 1. The van der Waals surface area contributed by atoms with E-state index in [4.69, 9.17) is 11.6 Å². The molecule has 3 nitrogen and oxygen atoms in total. The standard InChI is InChI=1S/C12H10ClNO2.2C2H6/c1-7-3-9(12(15)16-2)4-8-5-10(13)6-14-11(7)8;2*1-2/h3-6H,1-2H3;2*1-2H3. The normalized spacial score (nSPS) is 8.95. The molecule has 0 aliphatic rings. The average Bonchev–Trinajstić information content (AvgIpc) is 2.50. The van der Waals surface area contributed by atoms with Crippen LogP contribution in [0.4, 0.5) is 0 Å². The van der Waals surface area contributed by atoms with E-state index in [0.717, 1.165) is 16.5 Å². The van der Waals surface area contributed by atoms with Crippen molar-refractivity contribution in [3.63, 3.8) is 0 Å². The van der Waals surface area contributed by atoms with Gasteiger partial charge in [-0.15, -0.1) is 0 Å². The molecule has 2 rings (SSSR count). The fourth-order valence-corrected chi connectivity index (χ4v) is 1.81. The Morgan fingerprint density at radius 1 is 1.15 bits per heavy atom. The van der Waals surface area contributed by atoms with Crippen molar-refractivity contribution in [1.82, 2.24) is 4.98 Å². The lowest BCUT2D eigenvalue weighted by molar-refractivity contribution is 0.0601. The van der Waals surface area contributed by atoms with E-state index >= 15 is 0 Å². The van der Waals surface area contributed by atoms with Gasteiger partial charge in [0.1, 0.15) is 0 Å². The zero-order valence-corrected chi connectivity index (χ0v) is 13.7. The molecule has 0 amide bonds. The molecule has 4 heteroatoms. The van der Waals surface area contributed by atoms with E-state index in [1.54, 1.807) is 24.4 Å². The van der Waals surface area contributed by atoms with E-state index in [2.05, 4.69) is 9.72 Å². The predicted octanol–water partition coefficient (Wildman–Crippen LogP) is 5.04. The van der Waals surface area contributed by atoms with E-state index in [1.807, 2.05) is 34.6 Å². The largest absolute Gasteiger partial charge is 0.465 e. The minimum atomic E-state index is -0.357. The van der Waals surface area contributed by atoms with Gasteiger partial charge in [-0.3, -0.25) is 4.98 Å². The lowest BCUT2D eigenvalue weighted by atomic mass is 10.1. The van der Waals surface area contributed by atoms with Crippen LogP contribution in [0.5, 0.6) is 0 Å². The highest BCUT2D eigenvalue weighted by atomic mass is 35.5. The number of rotatable bonds is 1. The second-order valence-corrected chi connectivity index (χ2v) is 3.95. The lowest BCUT2D eigenvalue weighted by Gasteiger charge is -2.05. The summed E-state index contributed by atoms with van der Waals surface area (Å²) in [4.78, 5) is 15.6. The van der Waals surface area contributed by atoms with Crippen molar-refractivity contribution in [2.75, 3.05) is 7.11 Å². The van der Waals surface area contributed by atoms with Crippen LogP contribution < -0.4 is 0 Å². The number of aryl methyl sites for hydroxylation is 1. The zero-order valence-electron chi connectivity index (χ0n) is 13.0. The van der Waals surface area contributed by atoms with E-state index in [-0.39, 0.29) is 5.97 Å². The summed E-state index contributed by atoms with van der Waals surface area (Å²) in [6, 6.07) is 5.27. The third-order valence-electron chi connectivity index (χ3n) is 2.36. The van der Waals surface area contributed by atoms with E-state index in [1.165, 1.54) is 7.11 Å². The number of benzene rings is 1. The van der Waals surface area contributed by atoms with Crippen molar-refractivity contribution in [3.8, 4) is 0 Å². The fourth-order valence-electron chi connectivity index (χ4n) is 1.64. The molecule has 0 spiro atoms. The molecule has 110 valence electrons. The van der Waals surface area contributed by atoms with Gasteiger partial charge in [0.15, 0.2) is 0 Å². The van der Waals surface area contributed by atoms with Crippen molar-refractivity contribution in [2.24, 2.45) is 0 Å². The van der Waals surface area contributed by atoms with Gasteiger partial charge in [0, 0.05) is 11.6 Å². The predicted molar refractivity (Wildman–Crippen MR) is 85.5 cm³/mol. The molecule has 0 saturated heterocycles. The summed E-state index contributed by atoms with van der Waals surface area (Å²) in [6.45, 7) is 9.90. The Kier molecular flexibility index (Phi) is 8.57. The summed E-state index contributed by atoms with van der Waals surface area (Å²) in [6.07, 6.45) is 1.59. The summed E-state index contributed by atoms with van der Waals surface area (Å²) >= 11 is 5.86. The number of halogens is 1. The SMILES string of the molecule is CC.CC.COC(=O)c1cc(C)c2ncc(Cl)cc2c1. The number of ether oxygens (including phenoxy) is 1. The van der Waals surface area contributed by atoms with E-state index < -0.39 is 0 Å². The summed E-state index contributed by atoms with van der Waals surface area (Å²) in [5.41, 5.74) is 2.28. The number of carbonyl (C=O) groups excluding carboxylic acids is 1. The van der Waals surface area contributed by atoms with Crippen LogP contribution in [0.3, 0.4) is 0 Å². The molecular formula is C16H22ClNO2. The first-order valence-electron chi connectivity index (χ1n) is 6.76. The monoisotopic (exact) mass is 295 g/mol. The van der Waals surface area contributed by atoms with Crippen LogP contribution in [-0.2, 0) is 4.74 Å². The molecule has 0 N–H and O–H groups in total. The van der Waals surface area contributed by atoms with Crippen molar-refractivity contribution < 1.29 is 9.53 Å². The van der Waals surface area contributed by atoms with Crippen LogP contribution >= 0.6 is 11.6 Å². The smallest absolute Gasteiger partial charge is 0.337 e. The third kappa shape index (κ3) is 4.49. The fraction of sp³-hybridized carbons (Fsp3) is 0.375. The molecule has 1 aromatic heterocycles. The van der Waals surface area contributed by atoms with Gasteiger partial charge in [0.25, 0.3) is 0 Å². The number of hydrogen-bond donors (Lipinski definition) is 0. The maximum Gasteiger partial charge on any atom is 0.337 e. The van der Waals surface area contributed by atoms with Crippen LogP contribution in [0.25, 0.3) is 10.9 Å². The van der Waals surface area contributed by atoms with Crippen LogP contribution in [-0.4, -0.2) is 18.1 Å². The van der Waals surface area contributed by atoms with Gasteiger partial charge in [-0.05, 0) is 30.7 Å². The Balaban J connectivity index is 0.000000829. The summed E-state index contributed by atoms with van der Waals surface area (Å²) < 4.78 is 4.68. The van der Waals surface area contributed by atoms with Gasteiger partial charge in [-0.25, -0.2) is 4.79 Å². The van der Waals surface area contributed by atoms with Crippen molar-refractivity contribution in [2.45, 2.75) is 34.6 Å². The van der Waals surface area contributed by atoms with Crippen LogP contribution in [0.15, 0.2) is 24.4 Å². The molecule has 0 aliphatic carbocycles.